The minimum Gasteiger partial charge on any atom is -0.333 e. The molecule has 0 radical (unpaired) electrons. The molecule has 1 aromatic carbocycles. The summed E-state index contributed by atoms with van der Waals surface area (Å²) in [5.41, 5.74) is -1.04. The number of carbonyl (C=O) groups excluding carboxylic acids is 1. The van der Waals surface area contributed by atoms with E-state index in [9.17, 15) is 26.7 Å². The number of anilines is 1. The zero-order valence-electron chi connectivity index (χ0n) is 22.1. The van der Waals surface area contributed by atoms with Gasteiger partial charge in [0.2, 0.25) is 11.7 Å². The predicted molar refractivity (Wildman–Crippen MR) is 133 cm³/mol. The fraction of sp³-hybridized carbons (Fsp3) is 0.607. The van der Waals surface area contributed by atoms with Gasteiger partial charge in [-0.2, -0.15) is 27.5 Å². The summed E-state index contributed by atoms with van der Waals surface area (Å²) >= 11 is 0. The van der Waals surface area contributed by atoms with Gasteiger partial charge in [0, 0.05) is 29.6 Å². The van der Waals surface area contributed by atoms with Gasteiger partial charge >= 0.3 is 12.9 Å². The number of hydrogen-bond acceptors (Lipinski definition) is 7. The summed E-state index contributed by atoms with van der Waals surface area (Å²) in [7, 11) is 0. The van der Waals surface area contributed by atoms with Crippen molar-refractivity contribution in [3.8, 4) is 11.4 Å². The molecule has 0 saturated heterocycles. The van der Waals surface area contributed by atoms with E-state index >= 15 is 0 Å². The smallest absolute Gasteiger partial charge is 0.315 e. The molecule has 0 aliphatic heterocycles. The molecule has 6 fully saturated rings. The van der Waals surface area contributed by atoms with Crippen LogP contribution in [0, 0.1) is 10.8 Å². The van der Waals surface area contributed by atoms with Crippen LogP contribution in [0.2, 0.25) is 0 Å². The lowest BCUT2D eigenvalue weighted by Gasteiger charge is -2.66. The largest absolute Gasteiger partial charge is 0.333 e. The molecule has 0 atom stereocenters. The van der Waals surface area contributed by atoms with Crippen LogP contribution >= 0.6 is 0 Å². The summed E-state index contributed by atoms with van der Waals surface area (Å²) in [4.78, 5) is 23.4. The van der Waals surface area contributed by atoms with Crippen LogP contribution in [0.1, 0.15) is 94.7 Å². The molecule has 218 valence electrons. The van der Waals surface area contributed by atoms with Crippen molar-refractivity contribution in [1.29, 1.82) is 0 Å². The summed E-state index contributed by atoms with van der Waals surface area (Å²) in [5, 5.41) is 7.55. The van der Waals surface area contributed by atoms with Crippen molar-refractivity contribution in [2.45, 2.75) is 88.1 Å². The van der Waals surface area contributed by atoms with Crippen LogP contribution in [0.15, 0.2) is 33.3 Å². The van der Waals surface area contributed by atoms with Gasteiger partial charge in [-0.25, -0.2) is 4.39 Å². The zero-order chi connectivity index (χ0) is 28.6. The van der Waals surface area contributed by atoms with Crippen LogP contribution in [0.3, 0.4) is 0 Å². The highest BCUT2D eigenvalue weighted by molar-refractivity contribution is 5.94. The Hall–Kier alpha value is -3.38. The van der Waals surface area contributed by atoms with Gasteiger partial charge in [0.05, 0.1) is 0 Å². The van der Waals surface area contributed by atoms with Gasteiger partial charge in [0.1, 0.15) is 5.67 Å². The third-order valence-corrected chi connectivity index (χ3v) is 9.95. The van der Waals surface area contributed by atoms with Crippen LogP contribution < -0.4 is 4.90 Å². The topological polar surface area (TPSA) is 98.2 Å². The van der Waals surface area contributed by atoms with E-state index in [2.05, 4.69) is 24.8 Å². The number of fused-ring (bicyclic) bond motifs is 3. The monoisotopic (exact) mass is 577 g/mol. The molecule has 0 unspecified atom stereocenters. The first-order valence-corrected chi connectivity index (χ1v) is 13.8. The number of halogens is 5. The van der Waals surface area contributed by atoms with Gasteiger partial charge in [-0.05, 0) is 80.8 Å². The Labute approximate surface area is 231 Å². The predicted octanol–water partition coefficient (Wildman–Crippen LogP) is 6.90. The average Bonchev–Trinajstić information content (AvgIpc) is 3.63. The van der Waals surface area contributed by atoms with Crippen molar-refractivity contribution in [3.05, 3.63) is 41.9 Å². The second-order valence-electron chi connectivity index (χ2n) is 12.7. The Balaban J connectivity index is 1.14. The summed E-state index contributed by atoms with van der Waals surface area (Å²) in [6.45, 7) is 0.422. The fourth-order valence-electron chi connectivity index (χ4n) is 7.75. The Morgan fingerprint density at radius 3 is 2.10 bits per heavy atom. The maximum absolute atomic E-state index is 14.2. The number of amides is 1. The van der Waals surface area contributed by atoms with Crippen LogP contribution in [0.4, 0.5) is 27.6 Å². The van der Waals surface area contributed by atoms with Gasteiger partial charge < -0.3 is 13.9 Å². The summed E-state index contributed by atoms with van der Waals surface area (Å²) < 4.78 is 75.9. The van der Waals surface area contributed by atoms with E-state index in [-0.39, 0.29) is 29.0 Å². The third-order valence-electron chi connectivity index (χ3n) is 9.95. The number of rotatable bonds is 9. The van der Waals surface area contributed by atoms with Gasteiger partial charge in [0.15, 0.2) is 5.82 Å². The van der Waals surface area contributed by atoms with Crippen molar-refractivity contribution < 1.29 is 35.8 Å². The highest BCUT2D eigenvalue weighted by Gasteiger charge is 2.69. The molecule has 3 aromatic rings. The normalized spacial score (nSPS) is 31.8. The Bertz CT molecular complexity index is 1440. The van der Waals surface area contributed by atoms with Gasteiger partial charge in [-0.1, -0.05) is 22.4 Å². The van der Waals surface area contributed by atoms with Crippen LogP contribution in [-0.4, -0.2) is 38.4 Å². The molecule has 2 aromatic heterocycles. The van der Waals surface area contributed by atoms with Gasteiger partial charge in [-0.3, -0.25) is 4.79 Å². The molecule has 41 heavy (non-hydrogen) atoms. The lowest BCUT2D eigenvalue weighted by Crippen LogP contribution is -2.65. The first-order valence-electron chi connectivity index (χ1n) is 13.8. The number of hydrogen-bond donors (Lipinski definition) is 0. The maximum atomic E-state index is 14.2. The summed E-state index contributed by atoms with van der Waals surface area (Å²) in [6.07, 6.45) is 0.0106. The first kappa shape index (κ1) is 26.5. The minimum absolute atomic E-state index is 0.00472. The molecule has 0 N–H and O–H groups in total. The highest BCUT2D eigenvalue weighted by atomic mass is 19.3. The van der Waals surface area contributed by atoms with Crippen molar-refractivity contribution in [2.24, 2.45) is 10.8 Å². The van der Waals surface area contributed by atoms with Crippen molar-refractivity contribution in [2.75, 3.05) is 11.4 Å². The van der Waals surface area contributed by atoms with E-state index in [0.717, 1.165) is 19.3 Å². The molecule has 6 aliphatic carbocycles. The molecule has 13 heteroatoms. The van der Waals surface area contributed by atoms with Crippen molar-refractivity contribution in [3.63, 3.8) is 0 Å². The Morgan fingerprint density at radius 1 is 0.878 bits per heavy atom. The third kappa shape index (κ3) is 4.42. The molecule has 4 bridgehead atoms. The molecule has 1 amide bonds. The number of aromatic nitrogens is 4. The molecule has 9 rings (SSSR count). The van der Waals surface area contributed by atoms with E-state index in [1.807, 2.05) is 0 Å². The van der Waals surface area contributed by atoms with Crippen LogP contribution in [-0.2, 0) is 10.2 Å². The number of benzene rings is 1. The number of nitrogens with zero attached hydrogens (tertiary/aromatic N) is 5. The molecule has 2 heterocycles. The second-order valence-corrected chi connectivity index (χ2v) is 12.7. The lowest BCUT2D eigenvalue weighted by atomic mass is 9.41. The number of alkyl halides is 5. The highest BCUT2D eigenvalue weighted by Crippen LogP contribution is 2.71. The number of carbonyl (C=O) groups is 1. The Kier molecular flexibility index (Phi) is 5.86. The lowest BCUT2D eigenvalue weighted by molar-refractivity contribution is -0.215. The van der Waals surface area contributed by atoms with E-state index in [1.165, 1.54) is 0 Å². The average molecular weight is 578 g/mol. The zero-order valence-corrected chi connectivity index (χ0v) is 22.1. The van der Waals surface area contributed by atoms with E-state index in [0.29, 0.717) is 62.1 Å². The van der Waals surface area contributed by atoms with Gasteiger partial charge in [0.25, 0.3) is 11.8 Å². The van der Waals surface area contributed by atoms with Gasteiger partial charge in [-0.15, -0.1) is 0 Å². The first-order chi connectivity index (χ1) is 19.5. The second kappa shape index (κ2) is 9.06. The SMILES string of the molecule is O=C(CC12CC(F)(C1)C2)N(CC12CCC(c3noc(C(F)F)n3)(CC1)CC2)c1cccc(-c2noc(C(F)F)n2)c1. The molecule has 6 saturated carbocycles. The van der Waals surface area contributed by atoms with E-state index < -0.39 is 35.7 Å². The standard InChI is InChI=1S/C28H28F5N5O3/c29-19(30)22-34-21(36-40-22)16-2-1-3-17(10-16)38(18(39)11-26-12-28(33,13-26)14-26)15-25-4-7-27(8-5-25,9-6-25)24-35-23(20(31)32)41-37-24/h1-3,10,19-20H,4-9,11-15H2. The van der Waals surface area contributed by atoms with Crippen LogP contribution in [0.5, 0.6) is 0 Å². The quantitative estimate of drug-likeness (QED) is 0.255. The molecular weight excluding hydrogens is 549 g/mol. The van der Waals surface area contributed by atoms with Crippen LogP contribution in [0.25, 0.3) is 11.4 Å². The molecule has 8 nitrogen and oxygen atoms in total. The molecular formula is C28H28F5N5O3. The summed E-state index contributed by atoms with van der Waals surface area (Å²) in [6, 6.07) is 6.84. The molecule has 0 spiro atoms. The van der Waals surface area contributed by atoms with E-state index in [1.54, 1.807) is 29.2 Å². The van der Waals surface area contributed by atoms with Crippen molar-refractivity contribution >= 4 is 11.6 Å². The summed E-state index contributed by atoms with van der Waals surface area (Å²) in [5.74, 6) is -1.24. The fourth-order valence-corrected chi connectivity index (χ4v) is 7.75. The Morgan fingerprint density at radius 2 is 1.51 bits per heavy atom. The van der Waals surface area contributed by atoms with E-state index in [4.69, 9.17) is 4.52 Å². The van der Waals surface area contributed by atoms with Crippen molar-refractivity contribution in [1.82, 2.24) is 20.3 Å². The maximum Gasteiger partial charge on any atom is 0.315 e. The minimum atomic E-state index is -2.90. The molecule has 6 aliphatic rings.